The number of carbonyl (C=O) groups excluding carboxylic acids is 1. The molecule has 4 rings (SSSR count). The summed E-state index contributed by atoms with van der Waals surface area (Å²) in [5.41, 5.74) is 3.23. The molecule has 0 spiro atoms. The minimum Gasteiger partial charge on any atom is -0.382 e. The van der Waals surface area contributed by atoms with Crippen LogP contribution in [0.4, 0.5) is 0 Å². The fraction of sp³-hybridized carbons (Fsp3) is 0.370. The Labute approximate surface area is 190 Å². The van der Waals surface area contributed by atoms with Crippen molar-refractivity contribution in [1.82, 2.24) is 10.2 Å². The molecular formula is C27H32N2O3. The number of nitrogens with zero attached hydrogens (tertiary/aromatic N) is 1. The molecule has 0 bridgehead atoms. The fourth-order valence-corrected chi connectivity index (χ4v) is 4.22. The lowest BCUT2D eigenvalue weighted by molar-refractivity contribution is 0.0617. The molecule has 3 aromatic carbocycles. The summed E-state index contributed by atoms with van der Waals surface area (Å²) in [5.74, 6) is 0.0283. The van der Waals surface area contributed by atoms with Gasteiger partial charge in [-0.15, -0.1) is 0 Å². The quantitative estimate of drug-likeness (QED) is 0.510. The van der Waals surface area contributed by atoms with Gasteiger partial charge < -0.3 is 14.8 Å². The van der Waals surface area contributed by atoms with Crippen LogP contribution in [0.5, 0.6) is 0 Å². The molecule has 5 heteroatoms. The van der Waals surface area contributed by atoms with E-state index in [0.717, 1.165) is 38.0 Å². The highest BCUT2D eigenvalue weighted by atomic mass is 16.5. The third-order valence-corrected chi connectivity index (χ3v) is 6.03. The van der Waals surface area contributed by atoms with E-state index in [1.54, 1.807) is 7.11 Å². The number of methoxy groups -OCH3 is 1. The molecule has 5 nitrogen and oxygen atoms in total. The van der Waals surface area contributed by atoms with E-state index in [0.29, 0.717) is 19.8 Å². The average Bonchev–Trinajstić information content (AvgIpc) is 2.83. The Hall–Kier alpha value is -2.73. The normalized spacial score (nSPS) is 15.2. The van der Waals surface area contributed by atoms with Gasteiger partial charge in [0, 0.05) is 38.3 Å². The van der Waals surface area contributed by atoms with E-state index in [9.17, 15) is 4.79 Å². The molecular weight excluding hydrogens is 400 g/mol. The van der Waals surface area contributed by atoms with E-state index in [1.807, 2.05) is 30.3 Å². The van der Waals surface area contributed by atoms with E-state index < -0.39 is 0 Å². The topological polar surface area (TPSA) is 50.8 Å². The second-order valence-corrected chi connectivity index (χ2v) is 8.45. The summed E-state index contributed by atoms with van der Waals surface area (Å²) in [6, 6.07) is 22.9. The van der Waals surface area contributed by atoms with Crippen LogP contribution in [0.2, 0.25) is 0 Å². The van der Waals surface area contributed by atoms with Crippen molar-refractivity contribution in [2.45, 2.75) is 32.0 Å². The highest BCUT2D eigenvalue weighted by Gasteiger charge is 2.21. The molecule has 3 aromatic rings. The number of rotatable bonds is 9. The van der Waals surface area contributed by atoms with Gasteiger partial charge in [-0.05, 0) is 59.0 Å². The molecule has 32 heavy (non-hydrogen) atoms. The van der Waals surface area contributed by atoms with Gasteiger partial charge in [0.25, 0.3) is 5.91 Å². The summed E-state index contributed by atoms with van der Waals surface area (Å²) in [6.45, 7) is 4.74. The smallest absolute Gasteiger partial charge is 0.251 e. The molecule has 0 aromatic heterocycles. The van der Waals surface area contributed by atoms with Crippen molar-refractivity contribution in [3.05, 3.63) is 83.4 Å². The Morgan fingerprint density at radius 1 is 0.938 bits per heavy atom. The number of ether oxygens (including phenoxy) is 2. The number of benzene rings is 3. The molecule has 1 saturated heterocycles. The van der Waals surface area contributed by atoms with Crippen molar-refractivity contribution in [1.29, 1.82) is 0 Å². The second-order valence-electron chi connectivity index (χ2n) is 8.45. The van der Waals surface area contributed by atoms with E-state index >= 15 is 0 Å². The van der Waals surface area contributed by atoms with Gasteiger partial charge in [-0.25, -0.2) is 0 Å². The molecule has 0 atom stereocenters. The monoisotopic (exact) mass is 432 g/mol. The zero-order valence-electron chi connectivity index (χ0n) is 18.8. The lowest BCUT2D eigenvalue weighted by atomic mass is 10.0. The highest BCUT2D eigenvalue weighted by Crippen LogP contribution is 2.21. The van der Waals surface area contributed by atoms with Gasteiger partial charge >= 0.3 is 0 Å². The maximum absolute atomic E-state index is 12.4. The molecule has 0 aliphatic carbocycles. The lowest BCUT2D eigenvalue weighted by Crippen LogP contribution is -2.44. The Kier molecular flexibility index (Phi) is 7.88. The summed E-state index contributed by atoms with van der Waals surface area (Å²) in [6.07, 6.45) is 1.96. The van der Waals surface area contributed by atoms with Crippen LogP contribution in [0, 0.1) is 0 Å². The van der Waals surface area contributed by atoms with Crippen LogP contribution in [0.25, 0.3) is 10.8 Å². The molecule has 1 amide bonds. The van der Waals surface area contributed by atoms with Gasteiger partial charge in [0.1, 0.15) is 0 Å². The first-order valence-electron chi connectivity index (χ1n) is 11.4. The van der Waals surface area contributed by atoms with Gasteiger partial charge in [-0.2, -0.15) is 0 Å². The molecule has 1 fully saturated rings. The summed E-state index contributed by atoms with van der Waals surface area (Å²) < 4.78 is 10.7. The largest absolute Gasteiger partial charge is 0.382 e. The second kappa shape index (κ2) is 11.2. The van der Waals surface area contributed by atoms with Crippen molar-refractivity contribution in [2.24, 2.45) is 0 Å². The Balaban J connectivity index is 1.29. The summed E-state index contributed by atoms with van der Waals surface area (Å²) >= 11 is 0. The summed E-state index contributed by atoms with van der Waals surface area (Å²) in [5, 5.41) is 5.69. The summed E-state index contributed by atoms with van der Waals surface area (Å²) in [7, 11) is 1.68. The first kappa shape index (κ1) is 22.5. The number of nitrogens with one attached hydrogen (secondary N) is 1. The molecule has 0 saturated carbocycles. The van der Waals surface area contributed by atoms with Crippen LogP contribution in [0.15, 0.2) is 66.7 Å². The van der Waals surface area contributed by atoms with Crippen molar-refractivity contribution in [3.8, 4) is 0 Å². The van der Waals surface area contributed by atoms with Gasteiger partial charge in [0.05, 0.1) is 19.8 Å². The highest BCUT2D eigenvalue weighted by molar-refractivity contribution is 5.94. The van der Waals surface area contributed by atoms with E-state index in [2.05, 4.69) is 46.6 Å². The van der Waals surface area contributed by atoms with Crippen LogP contribution >= 0.6 is 0 Å². The molecule has 1 aliphatic rings. The minimum atomic E-state index is 0.0283. The maximum atomic E-state index is 12.4. The number of hydrogen-bond acceptors (Lipinski definition) is 4. The minimum absolute atomic E-state index is 0.0283. The number of piperidine rings is 1. The van der Waals surface area contributed by atoms with Crippen LogP contribution < -0.4 is 5.32 Å². The predicted octanol–water partition coefficient (Wildman–Crippen LogP) is 4.40. The third kappa shape index (κ3) is 6.16. The zero-order valence-corrected chi connectivity index (χ0v) is 18.8. The lowest BCUT2D eigenvalue weighted by Gasteiger charge is -2.32. The zero-order chi connectivity index (χ0) is 22.2. The maximum Gasteiger partial charge on any atom is 0.251 e. The molecule has 0 unspecified atom stereocenters. The first-order chi connectivity index (χ1) is 15.7. The third-order valence-electron chi connectivity index (χ3n) is 6.03. The molecule has 0 radical (unpaired) electrons. The molecule has 168 valence electrons. The molecule has 1 heterocycles. The standard InChI is InChI=1S/C27H32N2O3/c1-31-15-16-32-20-22-8-10-23-9-7-21(17-25(23)18-22)19-29-13-11-26(12-14-29)28-27(30)24-5-3-2-4-6-24/h2-10,17-18,26H,11-16,19-20H2,1H3,(H,28,30). The average molecular weight is 433 g/mol. The number of hydrogen-bond donors (Lipinski definition) is 1. The number of fused-ring (bicyclic) bond motifs is 1. The summed E-state index contributed by atoms with van der Waals surface area (Å²) in [4.78, 5) is 14.9. The van der Waals surface area contributed by atoms with E-state index in [4.69, 9.17) is 9.47 Å². The molecule has 1 aliphatic heterocycles. The van der Waals surface area contributed by atoms with Crippen LogP contribution in [-0.4, -0.2) is 50.3 Å². The van der Waals surface area contributed by atoms with Gasteiger partial charge in [-0.3, -0.25) is 9.69 Å². The van der Waals surface area contributed by atoms with Crippen LogP contribution in [-0.2, 0) is 22.6 Å². The van der Waals surface area contributed by atoms with E-state index in [-0.39, 0.29) is 11.9 Å². The predicted molar refractivity (Wildman–Crippen MR) is 128 cm³/mol. The van der Waals surface area contributed by atoms with Crippen molar-refractivity contribution in [2.75, 3.05) is 33.4 Å². The van der Waals surface area contributed by atoms with Crippen molar-refractivity contribution >= 4 is 16.7 Å². The Morgan fingerprint density at radius 3 is 2.41 bits per heavy atom. The molecule has 1 N–H and O–H groups in total. The van der Waals surface area contributed by atoms with Gasteiger partial charge in [0.15, 0.2) is 0 Å². The number of likely N-dealkylation sites (tertiary alicyclic amines) is 1. The van der Waals surface area contributed by atoms with Crippen molar-refractivity contribution < 1.29 is 14.3 Å². The number of carbonyl (C=O) groups is 1. The van der Waals surface area contributed by atoms with Gasteiger partial charge in [0.2, 0.25) is 0 Å². The SMILES string of the molecule is COCCOCc1ccc2ccc(CN3CCC(NC(=O)c4ccccc4)CC3)cc2c1. The van der Waals surface area contributed by atoms with Crippen molar-refractivity contribution in [3.63, 3.8) is 0 Å². The first-order valence-corrected chi connectivity index (χ1v) is 11.4. The number of amides is 1. The van der Waals surface area contributed by atoms with Crippen LogP contribution in [0.3, 0.4) is 0 Å². The van der Waals surface area contributed by atoms with Gasteiger partial charge in [-0.1, -0.05) is 42.5 Å². The van der Waals surface area contributed by atoms with Crippen LogP contribution in [0.1, 0.15) is 34.3 Å². The fourth-order valence-electron chi connectivity index (χ4n) is 4.22. The Morgan fingerprint density at radius 2 is 1.66 bits per heavy atom. The van der Waals surface area contributed by atoms with E-state index in [1.165, 1.54) is 21.9 Å². The Bertz CT molecular complexity index is 1010.